The molecule has 0 radical (unpaired) electrons. The first-order valence-corrected chi connectivity index (χ1v) is 5.89. The second-order valence-corrected chi connectivity index (χ2v) is 4.29. The number of alkyl halides is 3. The summed E-state index contributed by atoms with van der Waals surface area (Å²) in [6.45, 7) is -0.505. The predicted molar refractivity (Wildman–Crippen MR) is 71.7 cm³/mol. The zero-order chi connectivity index (χ0) is 16.5. The van der Waals surface area contributed by atoms with E-state index in [1.807, 2.05) is 0 Å². The molecule has 2 rings (SSSR count). The molecule has 0 saturated heterocycles. The van der Waals surface area contributed by atoms with Crippen LogP contribution in [0.4, 0.5) is 19.1 Å². The summed E-state index contributed by atoms with van der Waals surface area (Å²) in [6, 6.07) is 0. The van der Waals surface area contributed by atoms with Crippen LogP contribution in [-0.2, 0) is 11.8 Å². The van der Waals surface area contributed by atoms with Crippen molar-refractivity contribution in [3.8, 4) is 11.8 Å². The van der Waals surface area contributed by atoms with E-state index < -0.39 is 24.2 Å². The van der Waals surface area contributed by atoms with Crippen molar-refractivity contribution in [2.75, 3.05) is 12.3 Å². The van der Waals surface area contributed by atoms with Crippen LogP contribution in [0.25, 0.3) is 11.0 Å². The molecule has 0 aliphatic rings. The van der Waals surface area contributed by atoms with Crippen LogP contribution in [-0.4, -0.2) is 33.2 Å². The van der Waals surface area contributed by atoms with Crippen molar-refractivity contribution in [3.05, 3.63) is 22.1 Å². The number of aryl methyl sites for hydroxylation is 1. The number of halogens is 3. The van der Waals surface area contributed by atoms with Crippen molar-refractivity contribution in [2.45, 2.75) is 6.18 Å². The van der Waals surface area contributed by atoms with Gasteiger partial charge in [-0.3, -0.25) is 14.6 Å². The molecule has 22 heavy (non-hydrogen) atoms. The minimum atomic E-state index is -4.96. The van der Waals surface area contributed by atoms with Gasteiger partial charge < -0.3 is 15.6 Å². The number of hydrogen-bond donors (Lipinski definition) is 3. The second kappa shape index (κ2) is 5.44. The molecule has 4 N–H and O–H groups in total. The molecule has 0 saturated carbocycles. The third-order valence-electron chi connectivity index (χ3n) is 2.66. The van der Waals surface area contributed by atoms with Crippen LogP contribution < -0.4 is 16.6 Å². The number of carbonyl (C=O) groups is 1. The number of H-pyrrole nitrogens is 1. The van der Waals surface area contributed by atoms with Crippen molar-refractivity contribution in [1.29, 1.82) is 0 Å². The molecule has 0 aliphatic carbocycles. The van der Waals surface area contributed by atoms with Crippen LogP contribution in [0.5, 0.6) is 0 Å². The van der Waals surface area contributed by atoms with Gasteiger partial charge >= 0.3 is 12.1 Å². The summed E-state index contributed by atoms with van der Waals surface area (Å²) >= 11 is 0. The Kier molecular flexibility index (Phi) is 3.81. The lowest BCUT2D eigenvalue weighted by Crippen LogP contribution is -2.36. The highest BCUT2D eigenvalue weighted by Crippen LogP contribution is 2.15. The van der Waals surface area contributed by atoms with Crippen LogP contribution >= 0.6 is 0 Å². The number of nitrogens with one attached hydrogen (secondary N) is 2. The van der Waals surface area contributed by atoms with Gasteiger partial charge in [0.05, 0.1) is 17.5 Å². The van der Waals surface area contributed by atoms with Gasteiger partial charge in [-0.05, 0) is 0 Å². The van der Waals surface area contributed by atoms with Crippen LogP contribution in [0.15, 0.2) is 11.0 Å². The first-order valence-electron chi connectivity index (χ1n) is 5.89. The fourth-order valence-electron chi connectivity index (χ4n) is 1.75. The highest BCUT2D eigenvalue weighted by molar-refractivity contribution is 5.84. The first kappa shape index (κ1) is 15.4. The Bertz CT molecular complexity index is 854. The van der Waals surface area contributed by atoms with E-state index >= 15 is 0 Å². The van der Waals surface area contributed by atoms with Crippen LogP contribution in [0.1, 0.15) is 5.56 Å². The van der Waals surface area contributed by atoms with E-state index in [-0.39, 0.29) is 16.9 Å². The molecule has 116 valence electrons. The monoisotopic (exact) mass is 313 g/mol. The maximum absolute atomic E-state index is 12.0. The van der Waals surface area contributed by atoms with Gasteiger partial charge in [-0.1, -0.05) is 11.8 Å². The molecule has 0 spiro atoms. The maximum atomic E-state index is 12.0. The Hall–Kier alpha value is -2.96. The van der Waals surface area contributed by atoms with E-state index in [0.29, 0.717) is 5.65 Å². The number of nitrogens with zero attached hydrogens (tertiary/aromatic N) is 2. The summed E-state index contributed by atoms with van der Waals surface area (Å²) in [7, 11) is 1.62. The maximum Gasteiger partial charge on any atom is 0.471 e. The number of aromatic nitrogens is 3. The molecule has 0 bridgehead atoms. The summed E-state index contributed by atoms with van der Waals surface area (Å²) in [5, 5.41) is 1.78. The topological polar surface area (TPSA) is 106 Å². The summed E-state index contributed by atoms with van der Waals surface area (Å²) in [6.07, 6.45) is -3.47. The fourth-order valence-corrected chi connectivity index (χ4v) is 1.75. The van der Waals surface area contributed by atoms with Gasteiger partial charge in [0, 0.05) is 13.2 Å². The normalized spacial score (nSPS) is 11.1. The number of anilines is 1. The number of nitrogen functional groups attached to an aromatic ring is 1. The Balaban J connectivity index is 2.26. The third kappa shape index (κ3) is 3.03. The Morgan fingerprint density at radius 3 is 2.86 bits per heavy atom. The molecule has 7 nitrogen and oxygen atoms in total. The molecule has 0 unspecified atom stereocenters. The number of rotatable bonds is 1. The molecule has 1 amide bonds. The van der Waals surface area contributed by atoms with E-state index in [1.165, 1.54) is 10.8 Å². The van der Waals surface area contributed by atoms with Crippen molar-refractivity contribution in [2.24, 2.45) is 7.05 Å². The van der Waals surface area contributed by atoms with Crippen LogP contribution in [0.3, 0.4) is 0 Å². The van der Waals surface area contributed by atoms with Crippen molar-refractivity contribution in [1.82, 2.24) is 19.9 Å². The molecule has 2 aromatic heterocycles. The molecular weight excluding hydrogens is 303 g/mol. The second-order valence-electron chi connectivity index (χ2n) is 4.29. The molecule has 2 heterocycles. The lowest BCUT2D eigenvalue weighted by molar-refractivity contribution is -0.173. The lowest BCUT2D eigenvalue weighted by Gasteiger charge is -2.03. The predicted octanol–water partition coefficient (Wildman–Crippen LogP) is -0.126. The number of nitrogens with two attached hydrogens (primary N) is 1. The number of carbonyl (C=O) groups excluding carboxylic acids is 1. The van der Waals surface area contributed by atoms with Gasteiger partial charge in [0.25, 0.3) is 5.56 Å². The highest BCUT2D eigenvalue weighted by atomic mass is 19.4. The van der Waals surface area contributed by atoms with Gasteiger partial charge in [0.15, 0.2) is 5.65 Å². The van der Waals surface area contributed by atoms with E-state index in [2.05, 4.69) is 21.8 Å². The number of aromatic amines is 1. The third-order valence-corrected chi connectivity index (χ3v) is 2.66. The zero-order valence-electron chi connectivity index (χ0n) is 11.2. The van der Waals surface area contributed by atoms with Crippen molar-refractivity contribution >= 4 is 22.9 Å². The average molecular weight is 313 g/mol. The zero-order valence-corrected chi connectivity index (χ0v) is 11.2. The Labute approximate surface area is 121 Å². The molecule has 2 aromatic rings. The summed E-state index contributed by atoms with van der Waals surface area (Å²) in [5.41, 5.74) is 5.49. The largest absolute Gasteiger partial charge is 0.471 e. The summed E-state index contributed by atoms with van der Waals surface area (Å²) in [4.78, 5) is 28.7. The van der Waals surface area contributed by atoms with Crippen molar-refractivity contribution in [3.63, 3.8) is 0 Å². The van der Waals surface area contributed by atoms with Gasteiger partial charge in [-0.2, -0.15) is 18.2 Å². The average Bonchev–Trinajstić information content (AvgIpc) is 2.70. The van der Waals surface area contributed by atoms with Crippen LogP contribution in [0.2, 0.25) is 0 Å². The van der Waals surface area contributed by atoms with E-state index in [1.54, 1.807) is 12.4 Å². The molecule has 0 fully saturated rings. The molecule has 0 aliphatic heterocycles. The van der Waals surface area contributed by atoms with E-state index in [4.69, 9.17) is 5.73 Å². The Morgan fingerprint density at radius 1 is 1.55 bits per heavy atom. The van der Waals surface area contributed by atoms with E-state index in [0.717, 1.165) is 0 Å². The SMILES string of the molecule is Cn1cc(C#CCNC(=O)C(F)(F)F)c2c(=O)[nH]c(N)nc21. The quantitative estimate of drug-likeness (QED) is 0.638. The highest BCUT2D eigenvalue weighted by Gasteiger charge is 2.38. The van der Waals surface area contributed by atoms with Gasteiger partial charge in [-0.25, -0.2) is 0 Å². The minimum Gasteiger partial charge on any atom is -0.369 e. The number of hydrogen-bond acceptors (Lipinski definition) is 4. The van der Waals surface area contributed by atoms with Crippen LogP contribution in [0, 0.1) is 11.8 Å². The molecule has 10 heteroatoms. The van der Waals surface area contributed by atoms with Gasteiger partial charge in [0.1, 0.15) is 0 Å². The molecule has 0 atom stereocenters. The summed E-state index contributed by atoms with van der Waals surface area (Å²) in [5.74, 6) is 2.73. The molecular formula is C12H10F3N5O2. The first-order chi connectivity index (χ1) is 10.2. The smallest absolute Gasteiger partial charge is 0.369 e. The minimum absolute atomic E-state index is 0.0596. The fraction of sp³-hybridized carbons (Fsp3) is 0.250. The summed E-state index contributed by atoms with van der Waals surface area (Å²) < 4.78 is 37.4. The van der Waals surface area contributed by atoms with Gasteiger partial charge in [-0.15, -0.1) is 0 Å². The number of amides is 1. The van der Waals surface area contributed by atoms with Gasteiger partial charge in [0.2, 0.25) is 5.95 Å². The number of fused-ring (bicyclic) bond motifs is 1. The molecule has 0 aromatic carbocycles. The standard InChI is InChI=1S/C12H10F3N5O2/c1-20-5-6(3-2-4-17-10(22)12(13,14)15)7-8(20)18-11(16)19-9(7)21/h5H,4H2,1H3,(H,17,22)(H3,16,18,19,21). The van der Waals surface area contributed by atoms with E-state index in [9.17, 15) is 22.8 Å². The lowest BCUT2D eigenvalue weighted by atomic mass is 10.2. The van der Waals surface area contributed by atoms with Crippen molar-refractivity contribution < 1.29 is 18.0 Å². The Morgan fingerprint density at radius 2 is 2.23 bits per heavy atom.